The third-order valence-electron chi connectivity index (χ3n) is 3.03. The first-order valence-corrected chi connectivity index (χ1v) is 5.80. The van der Waals surface area contributed by atoms with Crippen molar-refractivity contribution in [2.45, 2.75) is 18.4 Å². The predicted octanol–water partition coefficient (Wildman–Crippen LogP) is 1.78. The molecule has 1 saturated heterocycles. The molecule has 0 aromatic heterocycles. The fourth-order valence-electron chi connectivity index (χ4n) is 2.08. The lowest BCUT2D eigenvalue weighted by molar-refractivity contribution is -0.161. The molecule has 2 rings (SSSR count). The van der Waals surface area contributed by atoms with Crippen molar-refractivity contribution in [3.8, 4) is 5.75 Å². The summed E-state index contributed by atoms with van der Waals surface area (Å²) in [5.41, 5.74) is -0.832. The maximum atomic E-state index is 11.9. The summed E-state index contributed by atoms with van der Waals surface area (Å²) >= 11 is 0. The third kappa shape index (κ3) is 3.15. The van der Waals surface area contributed by atoms with Crippen molar-refractivity contribution in [2.24, 2.45) is 0 Å². The number of nitrogens with one attached hydrogen (secondary N) is 1. The molecule has 1 aliphatic heterocycles. The Morgan fingerprint density at radius 1 is 1.22 bits per heavy atom. The SMILES string of the molecule is COC(=O)C1(Oc2ccccc2)CCNCC1.Cl. The highest BCUT2D eigenvalue weighted by Gasteiger charge is 2.43. The highest BCUT2D eigenvalue weighted by molar-refractivity contribution is 5.85. The molecule has 1 aromatic rings. The Hall–Kier alpha value is -1.26. The predicted molar refractivity (Wildman–Crippen MR) is 71.2 cm³/mol. The number of carbonyl (C=O) groups is 1. The van der Waals surface area contributed by atoms with E-state index in [1.807, 2.05) is 30.3 Å². The summed E-state index contributed by atoms with van der Waals surface area (Å²) in [7, 11) is 1.40. The van der Waals surface area contributed by atoms with Crippen LogP contribution in [0.25, 0.3) is 0 Å². The molecular weight excluding hydrogens is 254 g/mol. The molecule has 18 heavy (non-hydrogen) atoms. The van der Waals surface area contributed by atoms with E-state index in [4.69, 9.17) is 9.47 Å². The van der Waals surface area contributed by atoms with Crippen LogP contribution in [-0.2, 0) is 9.53 Å². The van der Waals surface area contributed by atoms with Crippen molar-refractivity contribution < 1.29 is 14.3 Å². The molecule has 5 heteroatoms. The molecular formula is C13H18ClNO3. The minimum absolute atomic E-state index is 0. The van der Waals surface area contributed by atoms with Gasteiger partial charge in [-0.05, 0) is 25.2 Å². The molecule has 0 amide bonds. The molecule has 0 spiro atoms. The zero-order valence-electron chi connectivity index (χ0n) is 10.3. The lowest BCUT2D eigenvalue weighted by Gasteiger charge is -2.35. The average Bonchev–Trinajstić information content (AvgIpc) is 2.40. The molecule has 0 saturated carbocycles. The number of rotatable bonds is 3. The van der Waals surface area contributed by atoms with Gasteiger partial charge in [-0.1, -0.05) is 18.2 Å². The van der Waals surface area contributed by atoms with Gasteiger partial charge in [0.1, 0.15) is 5.75 Å². The Labute approximate surface area is 113 Å². The minimum Gasteiger partial charge on any atom is -0.475 e. The molecule has 0 unspecified atom stereocenters. The second-order valence-corrected chi connectivity index (χ2v) is 4.15. The van der Waals surface area contributed by atoms with Crippen LogP contribution in [0.1, 0.15) is 12.8 Å². The van der Waals surface area contributed by atoms with E-state index in [9.17, 15) is 4.79 Å². The van der Waals surface area contributed by atoms with Gasteiger partial charge in [-0.25, -0.2) is 4.79 Å². The van der Waals surface area contributed by atoms with Crippen LogP contribution in [0.3, 0.4) is 0 Å². The van der Waals surface area contributed by atoms with E-state index in [0.717, 1.165) is 13.1 Å². The van der Waals surface area contributed by atoms with Gasteiger partial charge in [0.2, 0.25) is 5.60 Å². The fourth-order valence-corrected chi connectivity index (χ4v) is 2.08. The van der Waals surface area contributed by atoms with Crippen LogP contribution >= 0.6 is 12.4 Å². The van der Waals surface area contributed by atoms with E-state index in [1.165, 1.54) is 7.11 Å². The van der Waals surface area contributed by atoms with Gasteiger partial charge in [0.15, 0.2) is 0 Å². The number of esters is 1. The molecule has 0 atom stereocenters. The van der Waals surface area contributed by atoms with Gasteiger partial charge in [-0.3, -0.25) is 0 Å². The van der Waals surface area contributed by atoms with Gasteiger partial charge < -0.3 is 14.8 Å². The lowest BCUT2D eigenvalue weighted by Crippen LogP contribution is -2.52. The van der Waals surface area contributed by atoms with Crippen LogP contribution in [-0.4, -0.2) is 31.8 Å². The molecule has 4 nitrogen and oxygen atoms in total. The standard InChI is InChI=1S/C13H17NO3.ClH/c1-16-12(15)13(7-9-14-10-8-13)17-11-5-3-2-4-6-11;/h2-6,14H,7-10H2,1H3;1H. The van der Waals surface area contributed by atoms with Crippen molar-refractivity contribution >= 4 is 18.4 Å². The summed E-state index contributed by atoms with van der Waals surface area (Å²) in [5.74, 6) is 0.419. The molecule has 1 aromatic carbocycles. The Kier molecular flexibility index (Phi) is 5.44. The first-order valence-electron chi connectivity index (χ1n) is 5.80. The Bertz CT molecular complexity index is 377. The number of halogens is 1. The number of benzene rings is 1. The summed E-state index contributed by atoms with van der Waals surface area (Å²) < 4.78 is 10.8. The van der Waals surface area contributed by atoms with Crippen LogP contribution in [0.4, 0.5) is 0 Å². The van der Waals surface area contributed by atoms with Gasteiger partial charge >= 0.3 is 5.97 Å². The van der Waals surface area contributed by atoms with E-state index in [0.29, 0.717) is 18.6 Å². The molecule has 1 aliphatic rings. The quantitative estimate of drug-likeness (QED) is 0.852. The summed E-state index contributed by atoms with van der Waals surface area (Å²) in [5, 5.41) is 3.22. The minimum atomic E-state index is -0.832. The fraction of sp³-hybridized carbons (Fsp3) is 0.462. The summed E-state index contributed by atoms with van der Waals surface area (Å²) in [4.78, 5) is 11.9. The number of hydrogen-bond donors (Lipinski definition) is 1. The number of ether oxygens (including phenoxy) is 2. The van der Waals surface area contributed by atoms with Gasteiger partial charge in [-0.2, -0.15) is 0 Å². The van der Waals surface area contributed by atoms with Gasteiger partial charge in [0.05, 0.1) is 7.11 Å². The van der Waals surface area contributed by atoms with E-state index in [1.54, 1.807) is 0 Å². The monoisotopic (exact) mass is 271 g/mol. The molecule has 1 N–H and O–H groups in total. The van der Waals surface area contributed by atoms with Crippen molar-refractivity contribution in [2.75, 3.05) is 20.2 Å². The second-order valence-electron chi connectivity index (χ2n) is 4.15. The summed E-state index contributed by atoms with van der Waals surface area (Å²) in [6.07, 6.45) is 1.27. The molecule has 0 aliphatic carbocycles. The number of hydrogen-bond acceptors (Lipinski definition) is 4. The van der Waals surface area contributed by atoms with Crippen molar-refractivity contribution in [3.05, 3.63) is 30.3 Å². The van der Waals surface area contributed by atoms with Crippen LogP contribution in [0.2, 0.25) is 0 Å². The van der Waals surface area contributed by atoms with Crippen molar-refractivity contribution in [1.82, 2.24) is 5.32 Å². The van der Waals surface area contributed by atoms with E-state index >= 15 is 0 Å². The third-order valence-corrected chi connectivity index (χ3v) is 3.03. The van der Waals surface area contributed by atoms with Gasteiger partial charge in [0, 0.05) is 12.8 Å². The Morgan fingerprint density at radius 3 is 2.39 bits per heavy atom. The molecule has 100 valence electrons. The number of para-hydroxylation sites is 1. The number of piperidine rings is 1. The zero-order chi connectivity index (χ0) is 12.1. The molecule has 1 fully saturated rings. The maximum Gasteiger partial charge on any atom is 0.350 e. The van der Waals surface area contributed by atoms with Crippen LogP contribution in [0.15, 0.2) is 30.3 Å². The topological polar surface area (TPSA) is 47.6 Å². The highest BCUT2D eigenvalue weighted by atomic mass is 35.5. The average molecular weight is 272 g/mol. The Balaban J connectivity index is 0.00000162. The van der Waals surface area contributed by atoms with E-state index in [2.05, 4.69) is 5.32 Å². The van der Waals surface area contributed by atoms with Gasteiger partial charge in [-0.15, -0.1) is 12.4 Å². The van der Waals surface area contributed by atoms with E-state index < -0.39 is 5.60 Å². The molecule has 1 heterocycles. The zero-order valence-corrected chi connectivity index (χ0v) is 11.2. The highest BCUT2D eigenvalue weighted by Crippen LogP contribution is 2.27. The van der Waals surface area contributed by atoms with Crippen molar-refractivity contribution in [1.29, 1.82) is 0 Å². The lowest BCUT2D eigenvalue weighted by atomic mass is 9.92. The number of methoxy groups -OCH3 is 1. The second kappa shape index (κ2) is 6.61. The first-order chi connectivity index (χ1) is 8.27. The van der Waals surface area contributed by atoms with Gasteiger partial charge in [0.25, 0.3) is 0 Å². The Morgan fingerprint density at radius 2 is 1.83 bits per heavy atom. The van der Waals surface area contributed by atoms with Crippen LogP contribution in [0.5, 0.6) is 5.75 Å². The maximum absolute atomic E-state index is 11.9. The normalized spacial score (nSPS) is 17.4. The smallest absolute Gasteiger partial charge is 0.350 e. The van der Waals surface area contributed by atoms with Crippen LogP contribution < -0.4 is 10.1 Å². The molecule has 0 radical (unpaired) electrons. The summed E-state index contributed by atoms with van der Waals surface area (Å²) in [6, 6.07) is 9.41. The largest absolute Gasteiger partial charge is 0.475 e. The first kappa shape index (κ1) is 14.8. The van der Waals surface area contributed by atoms with Crippen molar-refractivity contribution in [3.63, 3.8) is 0 Å². The van der Waals surface area contributed by atoms with Crippen LogP contribution in [0, 0.1) is 0 Å². The number of carbonyl (C=O) groups excluding carboxylic acids is 1. The molecule has 0 bridgehead atoms. The van der Waals surface area contributed by atoms with E-state index in [-0.39, 0.29) is 18.4 Å². The summed E-state index contributed by atoms with van der Waals surface area (Å²) in [6.45, 7) is 1.53.